The molecule has 0 radical (unpaired) electrons. The number of aryl methyl sites for hydroxylation is 2. The van der Waals surface area contributed by atoms with Gasteiger partial charge in [-0.15, -0.1) is 0 Å². The normalized spacial score (nSPS) is 19.9. The van der Waals surface area contributed by atoms with Gasteiger partial charge in [0.15, 0.2) is 0 Å². The molecule has 2 rings (SSSR count). The van der Waals surface area contributed by atoms with Crippen molar-refractivity contribution >= 4 is 11.7 Å². The molecule has 0 spiro atoms. The summed E-state index contributed by atoms with van der Waals surface area (Å²) < 4.78 is 1.67. The van der Waals surface area contributed by atoms with Gasteiger partial charge in [0.25, 0.3) is 0 Å². The van der Waals surface area contributed by atoms with E-state index in [1.54, 1.807) is 4.68 Å². The summed E-state index contributed by atoms with van der Waals surface area (Å²) >= 11 is 0. The minimum atomic E-state index is -0.990. The Balaban J connectivity index is 2.21. The Labute approximate surface area is 86.1 Å². The van der Waals surface area contributed by atoms with E-state index in [2.05, 4.69) is 10.3 Å². The van der Waals surface area contributed by atoms with Crippen LogP contribution in [0.5, 0.6) is 0 Å². The molecule has 1 aliphatic heterocycles. The van der Waals surface area contributed by atoms with Gasteiger partial charge in [-0.2, -0.15) is 5.10 Å². The molecule has 0 aromatic carbocycles. The summed E-state index contributed by atoms with van der Waals surface area (Å²) in [5.41, 5.74) is 2.32. The van der Waals surface area contributed by atoms with Gasteiger partial charge in [0.05, 0.1) is 11.4 Å². The molecular weight excluding hydrogens is 198 g/mol. The van der Waals surface area contributed by atoms with E-state index >= 15 is 0 Å². The number of carboxylic acid groups (broad SMARTS) is 1. The second-order valence-corrected chi connectivity index (χ2v) is 3.48. The molecule has 2 heterocycles. The van der Waals surface area contributed by atoms with Crippen molar-refractivity contribution in [3.8, 4) is 0 Å². The standard InChI is InChI=1S/C9H11N3O3/c1-5-6(4-12(2)10-5)7-3-8(9(13)14)15-11-7/h4,8H,3H2,1-2H3,(H,13,14). The average molecular weight is 209 g/mol. The lowest BCUT2D eigenvalue weighted by Gasteiger charge is -1.98. The first-order chi connectivity index (χ1) is 7.08. The van der Waals surface area contributed by atoms with Gasteiger partial charge in [0, 0.05) is 25.2 Å². The number of carbonyl (C=O) groups is 1. The highest BCUT2D eigenvalue weighted by Crippen LogP contribution is 2.18. The van der Waals surface area contributed by atoms with E-state index in [0.717, 1.165) is 11.3 Å². The molecule has 1 aromatic rings. The first kappa shape index (κ1) is 9.70. The van der Waals surface area contributed by atoms with E-state index in [4.69, 9.17) is 9.94 Å². The van der Waals surface area contributed by atoms with E-state index < -0.39 is 12.1 Å². The molecule has 6 nitrogen and oxygen atoms in total. The monoisotopic (exact) mass is 209 g/mol. The fourth-order valence-corrected chi connectivity index (χ4v) is 1.55. The summed E-state index contributed by atoms with van der Waals surface area (Å²) in [5, 5.41) is 16.7. The lowest BCUT2D eigenvalue weighted by molar-refractivity contribution is -0.148. The second-order valence-electron chi connectivity index (χ2n) is 3.48. The summed E-state index contributed by atoms with van der Waals surface area (Å²) in [6, 6.07) is 0. The predicted molar refractivity (Wildman–Crippen MR) is 51.6 cm³/mol. The predicted octanol–water partition coefficient (Wildman–Crippen LogP) is 0.306. The van der Waals surface area contributed by atoms with Crippen LogP contribution in [-0.4, -0.2) is 32.7 Å². The molecule has 0 aliphatic carbocycles. The Morgan fingerprint density at radius 1 is 1.73 bits per heavy atom. The highest BCUT2D eigenvalue weighted by atomic mass is 16.7. The van der Waals surface area contributed by atoms with E-state index in [9.17, 15) is 4.79 Å². The third kappa shape index (κ3) is 1.70. The zero-order valence-electron chi connectivity index (χ0n) is 8.47. The maximum atomic E-state index is 10.6. The molecule has 15 heavy (non-hydrogen) atoms. The van der Waals surface area contributed by atoms with E-state index in [1.165, 1.54) is 0 Å². The van der Waals surface area contributed by atoms with Crippen molar-refractivity contribution in [3.63, 3.8) is 0 Å². The van der Waals surface area contributed by atoms with E-state index in [0.29, 0.717) is 12.1 Å². The number of aliphatic carboxylic acids is 1. The molecule has 0 fully saturated rings. The molecule has 0 saturated heterocycles. The minimum absolute atomic E-state index is 0.294. The number of nitrogens with zero attached hydrogens (tertiary/aromatic N) is 3. The number of hydrogen-bond acceptors (Lipinski definition) is 4. The first-order valence-electron chi connectivity index (χ1n) is 4.54. The van der Waals surface area contributed by atoms with Gasteiger partial charge < -0.3 is 9.94 Å². The van der Waals surface area contributed by atoms with Gasteiger partial charge in [-0.25, -0.2) is 4.79 Å². The zero-order valence-corrected chi connectivity index (χ0v) is 8.47. The van der Waals surface area contributed by atoms with Crippen LogP contribution in [0.3, 0.4) is 0 Å². The maximum Gasteiger partial charge on any atom is 0.348 e. The van der Waals surface area contributed by atoms with Crippen LogP contribution in [0.15, 0.2) is 11.4 Å². The highest BCUT2D eigenvalue weighted by Gasteiger charge is 2.29. The summed E-state index contributed by atoms with van der Waals surface area (Å²) in [5.74, 6) is -0.990. The van der Waals surface area contributed by atoms with Crippen LogP contribution in [0.2, 0.25) is 0 Å². The average Bonchev–Trinajstić information content (AvgIpc) is 2.71. The Hall–Kier alpha value is -1.85. The largest absolute Gasteiger partial charge is 0.478 e. The van der Waals surface area contributed by atoms with Crippen molar-refractivity contribution in [2.75, 3.05) is 0 Å². The molecule has 1 N–H and O–H groups in total. The number of carboxylic acids is 1. The third-order valence-corrected chi connectivity index (χ3v) is 2.27. The number of oxime groups is 1. The lowest BCUT2D eigenvalue weighted by atomic mass is 10.1. The lowest BCUT2D eigenvalue weighted by Crippen LogP contribution is -2.19. The van der Waals surface area contributed by atoms with E-state index in [-0.39, 0.29) is 0 Å². The Bertz CT molecular complexity index is 436. The number of rotatable bonds is 2. The van der Waals surface area contributed by atoms with Gasteiger partial charge in [-0.05, 0) is 6.92 Å². The Kier molecular flexibility index (Phi) is 2.18. The van der Waals surface area contributed by atoms with Crippen LogP contribution < -0.4 is 0 Å². The van der Waals surface area contributed by atoms with Crippen LogP contribution >= 0.6 is 0 Å². The zero-order chi connectivity index (χ0) is 11.0. The topological polar surface area (TPSA) is 76.7 Å². The van der Waals surface area contributed by atoms with Crippen LogP contribution in [0.4, 0.5) is 0 Å². The van der Waals surface area contributed by atoms with Gasteiger partial charge in [-0.3, -0.25) is 4.68 Å². The summed E-state index contributed by atoms with van der Waals surface area (Å²) in [6.07, 6.45) is 1.24. The minimum Gasteiger partial charge on any atom is -0.478 e. The summed E-state index contributed by atoms with van der Waals surface area (Å²) in [6.45, 7) is 1.85. The molecular formula is C9H11N3O3. The van der Waals surface area contributed by atoms with Crippen molar-refractivity contribution in [3.05, 3.63) is 17.5 Å². The Morgan fingerprint density at radius 2 is 2.47 bits per heavy atom. The molecule has 80 valence electrons. The summed E-state index contributed by atoms with van der Waals surface area (Å²) in [7, 11) is 1.81. The number of aromatic nitrogens is 2. The van der Waals surface area contributed by atoms with Crippen LogP contribution in [0, 0.1) is 6.92 Å². The van der Waals surface area contributed by atoms with Crippen LogP contribution in [0.1, 0.15) is 17.7 Å². The molecule has 1 unspecified atom stereocenters. The number of hydrogen-bond donors (Lipinski definition) is 1. The van der Waals surface area contributed by atoms with Crippen molar-refractivity contribution in [1.82, 2.24) is 9.78 Å². The molecule has 1 aliphatic rings. The van der Waals surface area contributed by atoms with Crippen molar-refractivity contribution in [2.45, 2.75) is 19.4 Å². The van der Waals surface area contributed by atoms with Gasteiger partial charge in [0.2, 0.25) is 6.10 Å². The van der Waals surface area contributed by atoms with Crippen molar-refractivity contribution < 1.29 is 14.7 Å². The molecule has 1 aromatic heterocycles. The fourth-order valence-electron chi connectivity index (χ4n) is 1.55. The molecule has 1 atom stereocenters. The third-order valence-electron chi connectivity index (χ3n) is 2.27. The van der Waals surface area contributed by atoms with Gasteiger partial charge in [-0.1, -0.05) is 5.16 Å². The quantitative estimate of drug-likeness (QED) is 0.760. The fraction of sp³-hybridized carbons (Fsp3) is 0.444. The Morgan fingerprint density at radius 3 is 2.93 bits per heavy atom. The van der Waals surface area contributed by atoms with Crippen LogP contribution in [-0.2, 0) is 16.7 Å². The molecule has 0 bridgehead atoms. The smallest absolute Gasteiger partial charge is 0.348 e. The van der Waals surface area contributed by atoms with Gasteiger partial charge in [0.1, 0.15) is 0 Å². The van der Waals surface area contributed by atoms with Gasteiger partial charge >= 0.3 is 5.97 Å². The van der Waals surface area contributed by atoms with Crippen molar-refractivity contribution in [2.24, 2.45) is 12.2 Å². The second kappa shape index (κ2) is 3.38. The summed E-state index contributed by atoms with van der Waals surface area (Å²) in [4.78, 5) is 15.4. The van der Waals surface area contributed by atoms with Crippen molar-refractivity contribution in [1.29, 1.82) is 0 Å². The SMILES string of the molecule is Cc1nn(C)cc1C1=NOC(C(=O)O)C1. The highest BCUT2D eigenvalue weighted by molar-refractivity contribution is 6.03. The van der Waals surface area contributed by atoms with E-state index in [1.807, 2.05) is 20.2 Å². The molecule has 6 heteroatoms. The van der Waals surface area contributed by atoms with Crippen LogP contribution in [0.25, 0.3) is 0 Å². The molecule has 0 saturated carbocycles. The first-order valence-corrected chi connectivity index (χ1v) is 4.54. The molecule has 0 amide bonds. The maximum absolute atomic E-state index is 10.6.